The van der Waals surface area contributed by atoms with Gasteiger partial charge in [0.25, 0.3) is 5.91 Å². The van der Waals surface area contributed by atoms with Crippen LogP contribution in [0, 0.1) is 25.2 Å². The third kappa shape index (κ3) is 3.63. The number of aromatic nitrogens is 3. The molecule has 0 radical (unpaired) electrons. The molecular weight excluding hydrogens is 316 g/mol. The van der Waals surface area contributed by atoms with Crippen molar-refractivity contribution in [3.05, 3.63) is 40.8 Å². The zero-order valence-electron chi connectivity index (χ0n) is 14.8. The van der Waals surface area contributed by atoms with Crippen molar-refractivity contribution in [2.45, 2.75) is 32.7 Å². The molecule has 3 rings (SSSR count). The van der Waals surface area contributed by atoms with E-state index in [1.54, 1.807) is 17.8 Å². The fourth-order valence-electron chi connectivity index (χ4n) is 3.19. The Morgan fingerprint density at radius 2 is 2.00 bits per heavy atom. The largest absolute Gasteiger partial charge is 0.355 e. The topological polar surface area (TPSA) is 86.8 Å². The lowest BCUT2D eigenvalue weighted by atomic mass is 10.0. The second-order valence-electron chi connectivity index (χ2n) is 6.46. The highest BCUT2D eigenvalue weighted by molar-refractivity contribution is 5.92. The predicted octanol–water partition coefficient (Wildman–Crippen LogP) is 1.70. The van der Waals surface area contributed by atoms with E-state index in [0.29, 0.717) is 11.3 Å². The van der Waals surface area contributed by atoms with Crippen LogP contribution in [0.1, 0.15) is 40.3 Å². The monoisotopic (exact) mass is 338 g/mol. The summed E-state index contributed by atoms with van der Waals surface area (Å²) in [5.74, 6) is 0.655. The van der Waals surface area contributed by atoms with E-state index in [1.165, 1.54) is 0 Å². The van der Waals surface area contributed by atoms with Gasteiger partial charge in [0.15, 0.2) is 0 Å². The second kappa shape index (κ2) is 6.93. The van der Waals surface area contributed by atoms with Crippen LogP contribution in [0.25, 0.3) is 0 Å². The molecule has 130 valence electrons. The Hall–Kier alpha value is -2.88. The molecule has 2 aromatic rings. The minimum atomic E-state index is -0.0899. The van der Waals surface area contributed by atoms with E-state index >= 15 is 0 Å². The SMILES string of the molecule is Cc1ccc(C#N)c(N2CCC(NC(=O)c3cc(C)nn3C)CC2)n1. The number of nitrogens with one attached hydrogen (secondary N) is 1. The summed E-state index contributed by atoms with van der Waals surface area (Å²) >= 11 is 0. The molecule has 0 aliphatic carbocycles. The second-order valence-corrected chi connectivity index (χ2v) is 6.46. The van der Waals surface area contributed by atoms with Crippen LogP contribution in [0.4, 0.5) is 5.82 Å². The summed E-state index contributed by atoms with van der Waals surface area (Å²) in [5.41, 5.74) is 2.90. The highest BCUT2D eigenvalue weighted by Gasteiger charge is 2.24. The van der Waals surface area contributed by atoms with Crippen molar-refractivity contribution < 1.29 is 4.79 Å². The van der Waals surface area contributed by atoms with Crippen LogP contribution in [0.2, 0.25) is 0 Å². The van der Waals surface area contributed by atoms with Crippen LogP contribution < -0.4 is 10.2 Å². The summed E-state index contributed by atoms with van der Waals surface area (Å²) in [6, 6.07) is 7.79. The molecule has 25 heavy (non-hydrogen) atoms. The fourth-order valence-corrected chi connectivity index (χ4v) is 3.19. The van der Waals surface area contributed by atoms with E-state index in [1.807, 2.05) is 26.0 Å². The van der Waals surface area contributed by atoms with Crippen LogP contribution in [-0.2, 0) is 7.05 Å². The summed E-state index contributed by atoms with van der Waals surface area (Å²) in [6.45, 7) is 5.32. The Bertz CT molecular complexity index is 827. The minimum Gasteiger partial charge on any atom is -0.355 e. The van der Waals surface area contributed by atoms with E-state index in [2.05, 4.69) is 26.4 Å². The molecule has 1 fully saturated rings. The molecule has 1 saturated heterocycles. The molecule has 0 bridgehead atoms. The molecule has 1 aliphatic heterocycles. The first kappa shape index (κ1) is 17.0. The van der Waals surface area contributed by atoms with Gasteiger partial charge in [-0.1, -0.05) is 0 Å². The average Bonchev–Trinajstić information content (AvgIpc) is 2.94. The molecule has 0 spiro atoms. The quantitative estimate of drug-likeness (QED) is 0.920. The van der Waals surface area contributed by atoms with Crippen LogP contribution in [0.15, 0.2) is 18.2 Å². The molecule has 3 heterocycles. The van der Waals surface area contributed by atoms with E-state index in [0.717, 1.165) is 43.1 Å². The number of rotatable bonds is 3. The third-order valence-corrected chi connectivity index (χ3v) is 4.50. The van der Waals surface area contributed by atoms with Crippen molar-refractivity contribution in [3.8, 4) is 6.07 Å². The number of amides is 1. The van der Waals surface area contributed by atoms with Gasteiger partial charge in [-0.05, 0) is 44.9 Å². The Kier molecular flexibility index (Phi) is 4.70. The van der Waals surface area contributed by atoms with Gasteiger partial charge in [-0.25, -0.2) is 4.98 Å². The Labute approximate surface area is 147 Å². The number of hydrogen-bond acceptors (Lipinski definition) is 5. The van der Waals surface area contributed by atoms with Crippen molar-refractivity contribution in [1.29, 1.82) is 5.26 Å². The minimum absolute atomic E-state index is 0.0899. The number of carbonyl (C=O) groups excluding carboxylic acids is 1. The summed E-state index contributed by atoms with van der Waals surface area (Å²) in [4.78, 5) is 19.1. The standard InChI is InChI=1S/C18H22N6O/c1-12-4-5-14(11-19)17(20-12)24-8-6-15(7-9-24)21-18(25)16-10-13(2)22-23(16)3/h4-5,10,15H,6-9H2,1-3H3,(H,21,25). The Morgan fingerprint density at radius 3 is 2.60 bits per heavy atom. The summed E-state index contributed by atoms with van der Waals surface area (Å²) in [7, 11) is 1.78. The third-order valence-electron chi connectivity index (χ3n) is 4.50. The number of nitrogens with zero attached hydrogens (tertiary/aromatic N) is 5. The predicted molar refractivity (Wildman–Crippen MR) is 94.3 cm³/mol. The first-order chi connectivity index (χ1) is 12.0. The van der Waals surface area contributed by atoms with Crippen molar-refractivity contribution in [1.82, 2.24) is 20.1 Å². The van der Waals surface area contributed by atoms with Gasteiger partial charge >= 0.3 is 0 Å². The summed E-state index contributed by atoms with van der Waals surface area (Å²) < 4.78 is 1.61. The summed E-state index contributed by atoms with van der Waals surface area (Å²) in [6.07, 6.45) is 1.64. The van der Waals surface area contributed by atoms with E-state index in [4.69, 9.17) is 0 Å². The van der Waals surface area contributed by atoms with Crippen molar-refractivity contribution in [2.24, 2.45) is 7.05 Å². The van der Waals surface area contributed by atoms with Crippen LogP contribution >= 0.6 is 0 Å². The van der Waals surface area contributed by atoms with E-state index < -0.39 is 0 Å². The van der Waals surface area contributed by atoms with Gasteiger partial charge < -0.3 is 10.2 Å². The smallest absolute Gasteiger partial charge is 0.269 e. The number of anilines is 1. The number of piperidine rings is 1. The molecule has 1 N–H and O–H groups in total. The van der Waals surface area contributed by atoms with Crippen molar-refractivity contribution in [2.75, 3.05) is 18.0 Å². The molecule has 0 saturated carbocycles. The Morgan fingerprint density at radius 1 is 1.28 bits per heavy atom. The Balaban J connectivity index is 1.63. The number of carbonyl (C=O) groups is 1. The van der Waals surface area contributed by atoms with Gasteiger partial charge in [0.1, 0.15) is 17.6 Å². The van der Waals surface area contributed by atoms with Gasteiger partial charge in [-0.3, -0.25) is 9.48 Å². The van der Waals surface area contributed by atoms with Crippen LogP contribution in [0.3, 0.4) is 0 Å². The van der Waals surface area contributed by atoms with Crippen molar-refractivity contribution in [3.63, 3.8) is 0 Å². The van der Waals surface area contributed by atoms with Gasteiger partial charge in [-0.2, -0.15) is 10.4 Å². The van der Waals surface area contributed by atoms with Gasteiger partial charge in [-0.15, -0.1) is 0 Å². The molecule has 7 heteroatoms. The zero-order valence-corrected chi connectivity index (χ0v) is 14.8. The molecular formula is C18H22N6O. The average molecular weight is 338 g/mol. The number of nitriles is 1. The van der Waals surface area contributed by atoms with E-state index in [-0.39, 0.29) is 11.9 Å². The zero-order chi connectivity index (χ0) is 18.0. The maximum atomic E-state index is 12.4. The first-order valence-electron chi connectivity index (χ1n) is 8.42. The molecule has 0 aromatic carbocycles. The lowest BCUT2D eigenvalue weighted by Crippen LogP contribution is -2.45. The summed E-state index contributed by atoms with van der Waals surface area (Å²) in [5, 5.41) is 16.6. The number of aryl methyl sites for hydroxylation is 3. The van der Waals surface area contributed by atoms with Gasteiger partial charge in [0.2, 0.25) is 0 Å². The molecule has 0 atom stereocenters. The molecule has 7 nitrogen and oxygen atoms in total. The fraction of sp³-hybridized carbons (Fsp3) is 0.444. The molecule has 2 aromatic heterocycles. The highest BCUT2D eigenvalue weighted by atomic mass is 16.2. The molecule has 1 aliphatic rings. The normalized spacial score (nSPS) is 15.0. The number of hydrogen-bond donors (Lipinski definition) is 1. The molecule has 0 unspecified atom stereocenters. The highest BCUT2D eigenvalue weighted by Crippen LogP contribution is 2.22. The van der Waals surface area contributed by atoms with Crippen LogP contribution in [0.5, 0.6) is 0 Å². The van der Waals surface area contributed by atoms with E-state index in [9.17, 15) is 10.1 Å². The first-order valence-corrected chi connectivity index (χ1v) is 8.42. The maximum Gasteiger partial charge on any atom is 0.269 e. The van der Waals surface area contributed by atoms with Gasteiger partial charge in [0, 0.05) is 31.9 Å². The van der Waals surface area contributed by atoms with Crippen LogP contribution in [-0.4, -0.2) is 39.8 Å². The number of pyridine rings is 1. The van der Waals surface area contributed by atoms with Gasteiger partial charge in [0.05, 0.1) is 11.3 Å². The lowest BCUT2D eigenvalue weighted by molar-refractivity contribution is 0.0921. The molecule has 1 amide bonds. The van der Waals surface area contributed by atoms with Crippen molar-refractivity contribution >= 4 is 11.7 Å². The lowest BCUT2D eigenvalue weighted by Gasteiger charge is -2.33. The maximum absolute atomic E-state index is 12.4.